The van der Waals surface area contributed by atoms with Gasteiger partial charge in [-0.25, -0.2) is 14.5 Å². The zero-order chi connectivity index (χ0) is 20.3. The molecule has 0 aliphatic carbocycles. The molecule has 0 aromatic heterocycles. The number of esters is 1. The van der Waals surface area contributed by atoms with E-state index in [1.807, 2.05) is 0 Å². The van der Waals surface area contributed by atoms with Gasteiger partial charge in [0.2, 0.25) is 5.91 Å². The molecule has 2 aromatic rings. The Morgan fingerprint density at radius 1 is 1.18 bits per heavy atom. The van der Waals surface area contributed by atoms with Crippen molar-refractivity contribution in [2.45, 2.75) is 0 Å². The molecule has 1 aliphatic heterocycles. The highest BCUT2D eigenvalue weighted by Crippen LogP contribution is 2.22. The van der Waals surface area contributed by atoms with Crippen LogP contribution < -0.4 is 10.2 Å². The third-order valence-corrected chi connectivity index (χ3v) is 4.65. The molecule has 0 radical (unpaired) electrons. The smallest absolute Gasteiger partial charge is 0.337 e. The van der Waals surface area contributed by atoms with Gasteiger partial charge in [-0.2, -0.15) is 0 Å². The van der Waals surface area contributed by atoms with Gasteiger partial charge in [0.1, 0.15) is 0 Å². The number of ether oxygens (including phenoxy) is 1. The van der Waals surface area contributed by atoms with Crippen molar-refractivity contribution in [3.05, 3.63) is 57.7 Å². The van der Waals surface area contributed by atoms with Crippen LogP contribution in [0.5, 0.6) is 0 Å². The molecular weight excluding hydrogens is 477 g/mol. The summed E-state index contributed by atoms with van der Waals surface area (Å²) in [6.45, 7) is 0. The first-order valence-corrected chi connectivity index (χ1v) is 9.15. The molecule has 1 atom stereocenters. The molecule has 1 N–H and O–H groups in total. The molecule has 0 unspecified atom stereocenters. The Morgan fingerprint density at radius 2 is 1.89 bits per heavy atom. The van der Waals surface area contributed by atoms with Gasteiger partial charge in [0.15, 0.2) is 5.92 Å². The van der Waals surface area contributed by atoms with Gasteiger partial charge in [0.25, 0.3) is 5.91 Å². The lowest BCUT2D eigenvalue weighted by Gasteiger charge is -2.28. The molecule has 1 fully saturated rings. The Morgan fingerprint density at radius 3 is 2.57 bits per heavy atom. The minimum Gasteiger partial charge on any atom is -0.465 e. The van der Waals surface area contributed by atoms with Gasteiger partial charge in [0, 0.05) is 9.78 Å². The molecule has 142 valence electrons. The lowest BCUT2D eigenvalue weighted by molar-refractivity contribution is -0.131. The molecule has 3 rings (SSSR count). The second kappa shape index (κ2) is 8.30. The SMILES string of the molecule is COC(=O)c1cccc(N=C[C@H]2C(=O)NC(=O)N(c3ccc(I)cc3)C2=O)c1. The molecule has 2 aromatic carbocycles. The first-order valence-electron chi connectivity index (χ1n) is 8.07. The highest BCUT2D eigenvalue weighted by atomic mass is 127. The molecule has 28 heavy (non-hydrogen) atoms. The monoisotopic (exact) mass is 491 g/mol. The fourth-order valence-corrected chi connectivity index (χ4v) is 2.91. The van der Waals surface area contributed by atoms with E-state index in [4.69, 9.17) is 0 Å². The number of carbonyl (C=O) groups excluding carboxylic acids is 4. The maximum absolute atomic E-state index is 12.8. The number of hydrogen-bond acceptors (Lipinski definition) is 6. The number of carbonyl (C=O) groups is 4. The lowest BCUT2D eigenvalue weighted by Crippen LogP contribution is -2.58. The molecule has 0 bridgehead atoms. The van der Waals surface area contributed by atoms with Crippen molar-refractivity contribution in [3.63, 3.8) is 0 Å². The largest absolute Gasteiger partial charge is 0.465 e. The van der Waals surface area contributed by atoms with Crippen molar-refractivity contribution < 1.29 is 23.9 Å². The lowest BCUT2D eigenvalue weighted by atomic mass is 10.1. The van der Waals surface area contributed by atoms with Crippen LogP contribution >= 0.6 is 22.6 Å². The number of methoxy groups -OCH3 is 1. The van der Waals surface area contributed by atoms with Gasteiger partial charge < -0.3 is 4.74 Å². The number of nitrogens with zero attached hydrogens (tertiary/aromatic N) is 2. The second-order valence-electron chi connectivity index (χ2n) is 5.74. The molecular formula is C19H14IN3O5. The summed E-state index contributed by atoms with van der Waals surface area (Å²) in [6.07, 6.45) is 1.15. The molecule has 9 heteroatoms. The summed E-state index contributed by atoms with van der Waals surface area (Å²) >= 11 is 2.10. The maximum atomic E-state index is 12.8. The normalized spacial score (nSPS) is 17.0. The predicted molar refractivity (Wildman–Crippen MR) is 110 cm³/mol. The maximum Gasteiger partial charge on any atom is 0.337 e. The summed E-state index contributed by atoms with van der Waals surface area (Å²) in [5, 5.41) is 2.16. The Bertz CT molecular complexity index is 987. The van der Waals surface area contributed by atoms with E-state index in [1.54, 1.807) is 42.5 Å². The summed E-state index contributed by atoms with van der Waals surface area (Å²) in [5.41, 5.74) is 0.995. The summed E-state index contributed by atoms with van der Waals surface area (Å²) in [4.78, 5) is 53.7. The number of imide groups is 2. The van der Waals surface area contributed by atoms with Crippen LogP contribution in [0.4, 0.5) is 16.2 Å². The van der Waals surface area contributed by atoms with Crippen molar-refractivity contribution in [2.75, 3.05) is 12.0 Å². The second-order valence-corrected chi connectivity index (χ2v) is 6.99. The highest BCUT2D eigenvalue weighted by molar-refractivity contribution is 14.1. The standard InChI is InChI=1S/C19H14IN3O5/c1-28-18(26)11-3-2-4-13(9-11)21-10-15-16(24)22-19(27)23(17(15)25)14-7-5-12(20)6-8-14/h2-10,15H,1H3,(H,22,24,27)/t15-/m0/s1. The number of amides is 4. The van der Waals surface area contributed by atoms with Gasteiger partial charge in [-0.15, -0.1) is 0 Å². The van der Waals surface area contributed by atoms with Crippen LogP contribution in [0, 0.1) is 9.49 Å². The number of rotatable bonds is 4. The molecule has 1 heterocycles. The molecule has 4 amide bonds. The van der Waals surface area contributed by atoms with Crippen molar-refractivity contribution in [2.24, 2.45) is 10.9 Å². The Kier molecular flexibility index (Phi) is 5.83. The van der Waals surface area contributed by atoms with Crippen molar-refractivity contribution in [3.8, 4) is 0 Å². The molecule has 1 aliphatic rings. The van der Waals surface area contributed by atoms with E-state index in [0.29, 0.717) is 11.4 Å². The van der Waals surface area contributed by atoms with Crippen molar-refractivity contribution in [1.82, 2.24) is 5.32 Å². The first-order chi connectivity index (χ1) is 13.4. The van der Waals surface area contributed by atoms with E-state index in [2.05, 4.69) is 37.6 Å². The number of aliphatic imine (C=N–C) groups is 1. The summed E-state index contributed by atoms with van der Waals surface area (Å²) in [6, 6.07) is 12.1. The number of nitrogens with one attached hydrogen (secondary N) is 1. The van der Waals surface area contributed by atoms with Gasteiger partial charge in [0.05, 0.1) is 24.0 Å². The topological polar surface area (TPSA) is 105 Å². The van der Waals surface area contributed by atoms with Crippen molar-refractivity contribution >= 4 is 64.0 Å². The van der Waals surface area contributed by atoms with Crippen LogP contribution in [0.1, 0.15) is 10.4 Å². The van der Waals surface area contributed by atoms with E-state index in [9.17, 15) is 19.2 Å². The third-order valence-electron chi connectivity index (χ3n) is 3.93. The Balaban J connectivity index is 1.86. The minimum atomic E-state index is -1.28. The molecule has 0 spiro atoms. The molecule has 1 saturated heterocycles. The quantitative estimate of drug-likeness (QED) is 0.307. The van der Waals surface area contributed by atoms with Crippen molar-refractivity contribution in [1.29, 1.82) is 0 Å². The van der Waals surface area contributed by atoms with E-state index < -0.39 is 29.7 Å². The van der Waals surface area contributed by atoms with E-state index >= 15 is 0 Å². The summed E-state index contributed by atoms with van der Waals surface area (Å²) in [5.74, 6) is -3.27. The average Bonchev–Trinajstić information content (AvgIpc) is 2.68. The predicted octanol–water partition coefficient (Wildman–Crippen LogP) is 2.68. The van der Waals surface area contributed by atoms with Crippen LogP contribution in [0.15, 0.2) is 53.5 Å². The van der Waals surface area contributed by atoms with E-state index in [-0.39, 0.29) is 5.56 Å². The van der Waals surface area contributed by atoms with Gasteiger partial charge >= 0.3 is 12.0 Å². The van der Waals surface area contributed by atoms with Gasteiger partial charge in [-0.05, 0) is 65.1 Å². The number of benzene rings is 2. The third kappa shape index (κ3) is 4.09. The Labute approximate surface area is 173 Å². The van der Waals surface area contributed by atoms with Crippen LogP contribution in [0.2, 0.25) is 0 Å². The van der Waals surface area contributed by atoms with Crippen LogP contribution in [-0.4, -0.2) is 37.1 Å². The molecule has 0 saturated carbocycles. The fraction of sp³-hybridized carbons (Fsp3) is 0.105. The minimum absolute atomic E-state index is 0.285. The average molecular weight is 491 g/mol. The number of urea groups is 1. The van der Waals surface area contributed by atoms with Crippen LogP contribution in [-0.2, 0) is 14.3 Å². The van der Waals surface area contributed by atoms with Crippen LogP contribution in [0.25, 0.3) is 0 Å². The zero-order valence-corrected chi connectivity index (χ0v) is 16.7. The van der Waals surface area contributed by atoms with Gasteiger partial charge in [-0.1, -0.05) is 6.07 Å². The molecule has 8 nitrogen and oxygen atoms in total. The number of anilines is 1. The summed E-state index contributed by atoms with van der Waals surface area (Å²) in [7, 11) is 1.26. The van der Waals surface area contributed by atoms with Gasteiger partial charge in [-0.3, -0.25) is 19.9 Å². The summed E-state index contributed by atoms with van der Waals surface area (Å²) < 4.78 is 5.59. The van der Waals surface area contributed by atoms with E-state index in [0.717, 1.165) is 14.7 Å². The van der Waals surface area contributed by atoms with Crippen LogP contribution in [0.3, 0.4) is 0 Å². The number of halogens is 1. The fourth-order valence-electron chi connectivity index (χ4n) is 2.55. The highest BCUT2D eigenvalue weighted by Gasteiger charge is 2.40. The Hall–Kier alpha value is -3.08. The van der Waals surface area contributed by atoms with E-state index in [1.165, 1.54) is 13.2 Å². The number of barbiturate groups is 1. The zero-order valence-electron chi connectivity index (χ0n) is 14.6. The first kappa shape index (κ1) is 19.7. The number of hydrogen-bond donors (Lipinski definition) is 1.